The Hall–Kier alpha value is -1.32. The van der Waals surface area contributed by atoms with Crippen LogP contribution in [0.1, 0.15) is 31.7 Å². The van der Waals surface area contributed by atoms with Gasteiger partial charge in [-0.2, -0.15) is 0 Å². The Bertz CT molecular complexity index is 285. The molecule has 0 spiro atoms. The summed E-state index contributed by atoms with van der Waals surface area (Å²) in [5.41, 5.74) is 6.59. The minimum Gasteiger partial charge on any atom is -0.383 e. The SMILES string of the molecule is CCCCCNc1ncnc(N)c1C. The molecule has 0 aliphatic heterocycles. The molecule has 0 unspecified atom stereocenters. The summed E-state index contributed by atoms with van der Waals surface area (Å²) in [6.45, 7) is 5.07. The first-order valence-corrected chi connectivity index (χ1v) is 5.06. The first kappa shape index (κ1) is 10.8. The van der Waals surface area contributed by atoms with Gasteiger partial charge in [-0.05, 0) is 13.3 Å². The number of nitrogens with one attached hydrogen (secondary N) is 1. The molecule has 0 saturated carbocycles. The molecule has 3 N–H and O–H groups in total. The van der Waals surface area contributed by atoms with Crippen molar-refractivity contribution in [2.45, 2.75) is 33.1 Å². The first-order chi connectivity index (χ1) is 6.75. The summed E-state index contributed by atoms with van der Waals surface area (Å²) in [4.78, 5) is 8.04. The lowest BCUT2D eigenvalue weighted by Crippen LogP contribution is -2.07. The first-order valence-electron chi connectivity index (χ1n) is 5.06. The topological polar surface area (TPSA) is 63.8 Å². The van der Waals surface area contributed by atoms with Crippen LogP contribution in [0.3, 0.4) is 0 Å². The van der Waals surface area contributed by atoms with E-state index in [0.29, 0.717) is 5.82 Å². The predicted molar refractivity (Wildman–Crippen MR) is 59.2 cm³/mol. The van der Waals surface area contributed by atoms with E-state index in [1.165, 1.54) is 25.6 Å². The van der Waals surface area contributed by atoms with Gasteiger partial charge in [0.15, 0.2) is 0 Å². The Labute approximate surface area is 85.0 Å². The molecule has 1 aromatic rings. The molecule has 0 amide bonds. The van der Waals surface area contributed by atoms with Gasteiger partial charge < -0.3 is 11.1 Å². The second kappa shape index (κ2) is 5.42. The third kappa shape index (κ3) is 2.87. The van der Waals surface area contributed by atoms with Gasteiger partial charge in [-0.25, -0.2) is 9.97 Å². The lowest BCUT2D eigenvalue weighted by Gasteiger charge is -2.08. The molecule has 4 heteroatoms. The van der Waals surface area contributed by atoms with E-state index in [1.54, 1.807) is 0 Å². The molecule has 78 valence electrons. The van der Waals surface area contributed by atoms with Gasteiger partial charge in [-0.1, -0.05) is 19.8 Å². The van der Waals surface area contributed by atoms with Crippen LogP contribution in [-0.2, 0) is 0 Å². The fourth-order valence-electron chi connectivity index (χ4n) is 1.22. The standard InChI is InChI=1S/C10H18N4/c1-3-4-5-6-12-10-8(2)9(11)13-7-14-10/h7H,3-6H2,1-2H3,(H3,11,12,13,14). The lowest BCUT2D eigenvalue weighted by molar-refractivity contribution is 0.742. The minimum atomic E-state index is 0.554. The molecular formula is C10H18N4. The van der Waals surface area contributed by atoms with Crippen molar-refractivity contribution in [3.8, 4) is 0 Å². The summed E-state index contributed by atoms with van der Waals surface area (Å²) in [5.74, 6) is 1.41. The van der Waals surface area contributed by atoms with Crippen LogP contribution in [-0.4, -0.2) is 16.5 Å². The van der Waals surface area contributed by atoms with Gasteiger partial charge in [0.05, 0.1) is 0 Å². The van der Waals surface area contributed by atoms with Crippen LogP contribution in [0.25, 0.3) is 0 Å². The molecule has 14 heavy (non-hydrogen) atoms. The number of nitrogen functional groups attached to an aromatic ring is 1. The highest BCUT2D eigenvalue weighted by molar-refractivity contribution is 5.53. The van der Waals surface area contributed by atoms with E-state index >= 15 is 0 Å². The Morgan fingerprint density at radius 1 is 1.36 bits per heavy atom. The number of hydrogen-bond donors (Lipinski definition) is 2. The molecule has 1 rings (SSSR count). The molecule has 0 atom stereocenters. The van der Waals surface area contributed by atoms with E-state index in [9.17, 15) is 0 Å². The zero-order chi connectivity index (χ0) is 10.4. The summed E-state index contributed by atoms with van der Waals surface area (Å²) in [6, 6.07) is 0. The predicted octanol–water partition coefficient (Wildman–Crippen LogP) is 1.97. The lowest BCUT2D eigenvalue weighted by atomic mass is 10.2. The second-order valence-electron chi connectivity index (χ2n) is 3.37. The van der Waals surface area contributed by atoms with Crippen LogP contribution >= 0.6 is 0 Å². The molecule has 0 aromatic carbocycles. The molecular weight excluding hydrogens is 176 g/mol. The summed E-state index contributed by atoms with van der Waals surface area (Å²) < 4.78 is 0. The van der Waals surface area contributed by atoms with Crippen LogP contribution in [0.4, 0.5) is 11.6 Å². The molecule has 4 nitrogen and oxygen atoms in total. The number of hydrogen-bond acceptors (Lipinski definition) is 4. The fraction of sp³-hybridized carbons (Fsp3) is 0.600. The van der Waals surface area contributed by atoms with E-state index in [1.807, 2.05) is 6.92 Å². The van der Waals surface area contributed by atoms with Crippen molar-refractivity contribution in [1.82, 2.24) is 9.97 Å². The highest BCUT2D eigenvalue weighted by atomic mass is 15.0. The molecule has 0 bridgehead atoms. The average molecular weight is 194 g/mol. The largest absolute Gasteiger partial charge is 0.383 e. The normalized spacial score (nSPS) is 10.1. The highest BCUT2D eigenvalue weighted by Gasteiger charge is 2.02. The Kier molecular flexibility index (Phi) is 4.16. The van der Waals surface area contributed by atoms with E-state index in [0.717, 1.165) is 17.9 Å². The zero-order valence-corrected chi connectivity index (χ0v) is 8.88. The van der Waals surface area contributed by atoms with Gasteiger partial charge in [-0.3, -0.25) is 0 Å². The Morgan fingerprint density at radius 3 is 2.86 bits per heavy atom. The molecule has 0 saturated heterocycles. The van der Waals surface area contributed by atoms with Crippen molar-refractivity contribution in [2.75, 3.05) is 17.6 Å². The van der Waals surface area contributed by atoms with Crippen LogP contribution in [0.2, 0.25) is 0 Å². The number of nitrogens with zero attached hydrogens (tertiary/aromatic N) is 2. The van der Waals surface area contributed by atoms with Gasteiger partial charge in [0.1, 0.15) is 18.0 Å². The maximum absolute atomic E-state index is 5.66. The van der Waals surface area contributed by atoms with Crippen molar-refractivity contribution >= 4 is 11.6 Å². The van der Waals surface area contributed by atoms with Crippen LogP contribution in [0.5, 0.6) is 0 Å². The third-order valence-corrected chi connectivity index (χ3v) is 2.20. The van der Waals surface area contributed by atoms with Crippen LogP contribution in [0.15, 0.2) is 6.33 Å². The summed E-state index contributed by atoms with van der Waals surface area (Å²) in [7, 11) is 0. The average Bonchev–Trinajstić information content (AvgIpc) is 2.19. The van der Waals surface area contributed by atoms with Crippen molar-refractivity contribution in [1.29, 1.82) is 0 Å². The molecule has 0 fully saturated rings. The molecule has 0 aliphatic rings. The maximum atomic E-state index is 5.66. The quantitative estimate of drug-likeness (QED) is 0.703. The maximum Gasteiger partial charge on any atom is 0.134 e. The van der Waals surface area contributed by atoms with Gasteiger partial charge in [0, 0.05) is 12.1 Å². The molecule has 0 radical (unpaired) electrons. The summed E-state index contributed by atoms with van der Waals surface area (Å²) in [6.07, 6.45) is 5.13. The summed E-state index contributed by atoms with van der Waals surface area (Å²) in [5, 5.41) is 3.26. The Balaban J connectivity index is 2.46. The van der Waals surface area contributed by atoms with E-state index in [4.69, 9.17) is 5.73 Å². The summed E-state index contributed by atoms with van der Waals surface area (Å²) >= 11 is 0. The monoisotopic (exact) mass is 194 g/mol. The van der Waals surface area contributed by atoms with Crippen LogP contribution in [0, 0.1) is 6.92 Å². The van der Waals surface area contributed by atoms with Gasteiger partial charge in [0.2, 0.25) is 0 Å². The van der Waals surface area contributed by atoms with E-state index in [2.05, 4.69) is 22.2 Å². The van der Waals surface area contributed by atoms with Crippen LogP contribution < -0.4 is 11.1 Å². The minimum absolute atomic E-state index is 0.554. The zero-order valence-electron chi connectivity index (χ0n) is 8.88. The second-order valence-corrected chi connectivity index (χ2v) is 3.37. The molecule has 0 aliphatic carbocycles. The fourth-order valence-corrected chi connectivity index (χ4v) is 1.22. The number of rotatable bonds is 5. The number of anilines is 2. The van der Waals surface area contributed by atoms with Crippen molar-refractivity contribution in [3.63, 3.8) is 0 Å². The van der Waals surface area contributed by atoms with Crippen molar-refractivity contribution in [2.24, 2.45) is 0 Å². The van der Waals surface area contributed by atoms with Gasteiger partial charge in [0.25, 0.3) is 0 Å². The smallest absolute Gasteiger partial charge is 0.134 e. The number of nitrogens with two attached hydrogens (primary N) is 1. The number of unbranched alkanes of at least 4 members (excludes halogenated alkanes) is 2. The van der Waals surface area contributed by atoms with Gasteiger partial charge in [-0.15, -0.1) is 0 Å². The third-order valence-electron chi connectivity index (χ3n) is 2.20. The van der Waals surface area contributed by atoms with E-state index < -0.39 is 0 Å². The Morgan fingerprint density at radius 2 is 2.14 bits per heavy atom. The number of aromatic nitrogens is 2. The van der Waals surface area contributed by atoms with Crippen molar-refractivity contribution in [3.05, 3.63) is 11.9 Å². The van der Waals surface area contributed by atoms with Crippen molar-refractivity contribution < 1.29 is 0 Å². The van der Waals surface area contributed by atoms with Gasteiger partial charge >= 0.3 is 0 Å². The highest BCUT2D eigenvalue weighted by Crippen LogP contribution is 2.14. The van der Waals surface area contributed by atoms with E-state index in [-0.39, 0.29) is 0 Å². The molecule has 1 aromatic heterocycles. The molecule has 1 heterocycles.